The van der Waals surface area contributed by atoms with Gasteiger partial charge < -0.3 is 9.15 Å². The van der Waals surface area contributed by atoms with Gasteiger partial charge in [0.25, 0.3) is 11.2 Å². The van der Waals surface area contributed by atoms with Gasteiger partial charge in [-0.15, -0.1) is 0 Å². The molecule has 5 aromatic rings. The minimum absolute atomic E-state index is 0.0492. The molecule has 6 rings (SSSR count). The van der Waals surface area contributed by atoms with Crippen LogP contribution in [0.5, 0.6) is 0 Å². The molecule has 0 saturated heterocycles. The molecule has 0 radical (unpaired) electrons. The fourth-order valence-corrected chi connectivity index (χ4v) is 6.29. The van der Waals surface area contributed by atoms with Crippen LogP contribution in [0, 0.1) is 10.1 Å². The van der Waals surface area contributed by atoms with Gasteiger partial charge in [0.05, 0.1) is 33.4 Å². The number of benzene rings is 3. The number of non-ortho nitro benzene ring substituents is 1. The molecule has 226 valence electrons. The Morgan fingerprint density at radius 1 is 1.04 bits per heavy atom. The van der Waals surface area contributed by atoms with Gasteiger partial charge in [-0.05, 0) is 36.1 Å². The number of fused-ring (bicyclic) bond motifs is 1. The maximum Gasteiger partial charge on any atom is 0.338 e. The summed E-state index contributed by atoms with van der Waals surface area (Å²) in [5, 5.41) is 11.2. The maximum atomic E-state index is 14.1. The summed E-state index contributed by atoms with van der Waals surface area (Å²) >= 11 is 1.19. The van der Waals surface area contributed by atoms with Crippen molar-refractivity contribution in [2.75, 3.05) is 6.61 Å². The van der Waals surface area contributed by atoms with E-state index in [0.717, 1.165) is 16.7 Å². The Kier molecular flexibility index (Phi) is 8.14. The number of nitro groups is 1. The van der Waals surface area contributed by atoms with E-state index in [1.165, 1.54) is 23.5 Å². The first-order chi connectivity index (χ1) is 21.7. The van der Waals surface area contributed by atoms with Gasteiger partial charge >= 0.3 is 5.97 Å². The number of esters is 1. The number of hydrogen-bond acceptors (Lipinski definition) is 8. The lowest BCUT2D eigenvalue weighted by Crippen LogP contribution is -2.40. The molecule has 3 aromatic carbocycles. The highest BCUT2D eigenvalue weighted by molar-refractivity contribution is 7.07. The van der Waals surface area contributed by atoms with Crippen LogP contribution in [-0.4, -0.2) is 22.1 Å². The lowest BCUT2D eigenvalue weighted by atomic mass is 9.91. The lowest BCUT2D eigenvalue weighted by molar-refractivity contribution is -0.384. The third-order valence-corrected chi connectivity index (χ3v) is 8.52. The summed E-state index contributed by atoms with van der Waals surface area (Å²) in [6, 6.07) is 26.1. The fourth-order valence-electron chi connectivity index (χ4n) is 5.31. The van der Waals surface area contributed by atoms with Crippen molar-refractivity contribution < 1.29 is 18.9 Å². The summed E-state index contributed by atoms with van der Waals surface area (Å²) in [6.45, 7) is 6.12. The Labute approximate surface area is 262 Å². The van der Waals surface area contributed by atoms with Gasteiger partial charge in [0.15, 0.2) is 4.80 Å². The molecule has 0 fully saturated rings. The van der Waals surface area contributed by atoms with Crippen molar-refractivity contribution in [1.82, 2.24) is 4.57 Å². The Hall–Kier alpha value is -5.35. The Balaban J connectivity index is 1.54. The zero-order valence-corrected chi connectivity index (χ0v) is 25.6. The van der Waals surface area contributed by atoms with Crippen molar-refractivity contribution in [3.8, 4) is 11.3 Å². The summed E-state index contributed by atoms with van der Waals surface area (Å²) < 4.78 is 13.4. The Morgan fingerprint density at radius 3 is 2.47 bits per heavy atom. The van der Waals surface area contributed by atoms with Crippen LogP contribution < -0.4 is 14.9 Å². The third kappa shape index (κ3) is 5.80. The van der Waals surface area contributed by atoms with E-state index in [1.807, 2.05) is 54.6 Å². The van der Waals surface area contributed by atoms with Gasteiger partial charge in [-0.3, -0.25) is 19.5 Å². The third-order valence-electron chi connectivity index (χ3n) is 7.53. The summed E-state index contributed by atoms with van der Waals surface area (Å²) in [7, 11) is 0. The number of ether oxygens (including phenoxy) is 1. The summed E-state index contributed by atoms with van der Waals surface area (Å²) in [6.07, 6.45) is 1.62. The van der Waals surface area contributed by atoms with Crippen molar-refractivity contribution >= 4 is 34.8 Å². The highest BCUT2D eigenvalue weighted by Gasteiger charge is 2.35. The molecule has 9 nitrogen and oxygen atoms in total. The van der Waals surface area contributed by atoms with E-state index < -0.39 is 16.9 Å². The lowest BCUT2D eigenvalue weighted by Gasteiger charge is -2.26. The van der Waals surface area contributed by atoms with E-state index in [1.54, 1.807) is 41.8 Å². The molecule has 1 atom stereocenters. The minimum Gasteiger partial charge on any atom is -0.463 e. The van der Waals surface area contributed by atoms with Gasteiger partial charge in [0.1, 0.15) is 11.5 Å². The first kappa shape index (κ1) is 29.7. The van der Waals surface area contributed by atoms with Crippen molar-refractivity contribution in [3.63, 3.8) is 0 Å². The van der Waals surface area contributed by atoms with Crippen LogP contribution in [0.4, 0.5) is 5.69 Å². The molecule has 0 spiro atoms. The highest BCUT2D eigenvalue weighted by atomic mass is 32.1. The monoisotopic (exact) mass is 619 g/mol. The predicted octanol–water partition coefficient (Wildman–Crippen LogP) is 6.23. The summed E-state index contributed by atoms with van der Waals surface area (Å²) in [4.78, 5) is 43.9. The van der Waals surface area contributed by atoms with Crippen LogP contribution in [0.15, 0.2) is 111 Å². The van der Waals surface area contributed by atoms with Crippen LogP contribution in [0.3, 0.4) is 0 Å². The molecule has 45 heavy (non-hydrogen) atoms. The molecular formula is C35H29N3O6S. The molecule has 0 N–H and O–H groups in total. The van der Waals surface area contributed by atoms with Crippen molar-refractivity contribution in [2.45, 2.75) is 32.7 Å². The maximum absolute atomic E-state index is 14.1. The second kappa shape index (κ2) is 12.3. The number of nitrogens with zero attached hydrogens (tertiary/aromatic N) is 3. The van der Waals surface area contributed by atoms with Gasteiger partial charge in [0.2, 0.25) is 0 Å². The second-order valence-electron chi connectivity index (χ2n) is 10.8. The molecule has 1 unspecified atom stereocenters. The number of nitro benzene ring substituents is 1. The highest BCUT2D eigenvalue weighted by Crippen LogP contribution is 2.35. The molecule has 3 heterocycles. The van der Waals surface area contributed by atoms with Crippen LogP contribution in [0.25, 0.3) is 23.1 Å². The van der Waals surface area contributed by atoms with Gasteiger partial charge in [-0.25, -0.2) is 9.79 Å². The predicted molar refractivity (Wildman–Crippen MR) is 172 cm³/mol. The van der Waals surface area contributed by atoms with E-state index >= 15 is 0 Å². The van der Waals surface area contributed by atoms with E-state index in [-0.39, 0.29) is 23.4 Å². The largest absolute Gasteiger partial charge is 0.463 e. The molecule has 0 saturated carbocycles. The molecule has 1 aliphatic rings. The van der Waals surface area contributed by atoms with E-state index in [9.17, 15) is 19.7 Å². The Bertz CT molecular complexity index is 2120. The van der Waals surface area contributed by atoms with Crippen LogP contribution in [0.1, 0.15) is 55.2 Å². The zero-order valence-electron chi connectivity index (χ0n) is 24.8. The smallest absolute Gasteiger partial charge is 0.338 e. The molecular weight excluding hydrogens is 590 g/mol. The standard InChI is InChI=1S/C35H29N3O6S/c1-4-43-34(40)30-31(23-9-6-5-7-10-23)36-35-37(32(30)24-15-13-22(14-16-24)21(2)3)33(39)29(45-35)20-27-17-18-28(44-27)25-11-8-12-26(19-25)38(41)42/h5-21,32H,4H2,1-3H3/b29-20-. The molecule has 1 aliphatic heterocycles. The summed E-state index contributed by atoms with van der Waals surface area (Å²) in [5.74, 6) is 0.588. The number of carbonyl (C=O) groups excluding carboxylic acids is 1. The number of thiazole rings is 1. The van der Waals surface area contributed by atoms with Gasteiger partial charge in [-0.1, -0.05) is 91.9 Å². The van der Waals surface area contributed by atoms with Crippen molar-refractivity contribution in [1.29, 1.82) is 0 Å². The van der Waals surface area contributed by atoms with Crippen LogP contribution in [-0.2, 0) is 9.53 Å². The number of furan rings is 1. The van der Waals surface area contributed by atoms with Crippen LogP contribution >= 0.6 is 11.3 Å². The average molecular weight is 620 g/mol. The van der Waals surface area contributed by atoms with E-state index in [4.69, 9.17) is 14.1 Å². The minimum atomic E-state index is -0.782. The molecule has 0 aliphatic carbocycles. The van der Waals surface area contributed by atoms with Gasteiger partial charge in [-0.2, -0.15) is 0 Å². The SMILES string of the molecule is CCOC(=O)C1=C(c2ccccc2)N=c2s/c(=C\c3ccc(-c4cccc([N+](=O)[O-])c4)o3)c(=O)n2C1c1ccc(C(C)C)cc1. The Morgan fingerprint density at radius 2 is 1.78 bits per heavy atom. The zero-order chi connectivity index (χ0) is 31.7. The van der Waals surface area contributed by atoms with E-state index in [0.29, 0.717) is 38.0 Å². The molecule has 10 heteroatoms. The number of rotatable bonds is 8. The molecule has 0 bridgehead atoms. The average Bonchev–Trinajstić information content (AvgIpc) is 3.65. The van der Waals surface area contributed by atoms with Crippen molar-refractivity contribution in [3.05, 3.63) is 149 Å². The van der Waals surface area contributed by atoms with Crippen molar-refractivity contribution in [2.24, 2.45) is 4.99 Å². The summed E-state index contributed by atoms with van der Waals surface area (Å²) in [5.41, 5.74) is 3.51. The molecule has 0 amide bonds. The van der Waals surface area contributed by atoms with Gasteiger partial charge in [0, 0.05) is 29.3 Å². The topological polar surface area (TPSA) is 117 Å². The quantitative estimate of drug-likeness (QED) is 0.116. The number of aromatic nitrogens is 1. The van der Waals surface area contributed by atoms with Crippen LogP contribution in [0.2, 0.25) is 0 Å². The second-order valence-corrected chi connectivity index (χ2v) is 11.8. The fraction of sp³-hybridized carbons (Fsp3) is 0.171. The van der Waals surface area contributed by atoms with E-state index in [2.05, 4.69) is 13.8 Å². The normalized spacial score (nSPS) is 14.8. The first-order valence-electron chi connectivity index (χ1n) is 14.5. The number of hydrogen-bond donors (Lipinski definition) is 0. The first-order valence-corrected chi connectivity index (χ1v) is 15.3. The molecule has 2 aromatic heterocycles. The number of carbonyl (C=O) groups is 1.